The molecule has 0 amide bonds. The molecule has 5 heteroatoms. The van der Waals surface area contributed by atoms with E-state index in [9.17, 15) is 9.90 Å². The largest absolute Gasteiger partial charge is 0.480 e. The number of likely N-dealkylation sites (tertiary alicyclic amines) is 1. The second-order valence-electron chi connectivity index (χ2n) is 6.27. The predicted molar refractivity (Wildman–Crippen MR) is 82.3 cm³/mol. The zero-order valence-corrected chi connectivity index (χ0v) is 13.8. The quantitative estimate of drug-likeness (QED) is 0.907. The van der Waals surface area contributed by atoms with Crippen LogP contribution in [0.15, 0.2) is 0 Å². The lowest BCUT2D eigenvalue weighted by Crippen LogP contribution is -2.51. The molecule has 0 aromatic carbocycles. The van der Waals surface area contributed by atoms with Gasteiger partial charge in [-0.15, -0.1) is 0 Å². The summed E-state index contributed by atoms with van der Waals surface area (Å²) >= 11 is 0. The van der Waals surface area contributed by atoms with Gasteiger partial charge in [0.15, 0.2) is 0 Å². The average Bonchev–Trinajstić information content (AvgIpc) is 2.93. The standard InChI is InChI=1S/C16H27N3O2/c1-6-8-16(15(20)21)9-7-10-19(16)13(4)14-11(2)17-18(5)12(14)3/h13H,6-10H2,1-5H3,(H,20,21). The van der Waals surface area contributed by atoms with Gasteiger partial charge in [-0.05, 0) is 46.6 Å². The van der Waals surface area contributed by atoms with Crippen LogP contribution >= 0.6 is 0 Å². The van der Waals surface area contributed by atoms with Crippen molar-refractivity contribution in [3.05, 3.63) is 17.0 Å². The van der Waals surface area contributed by atoms with Gasteiger partial charge in [0.25, 0.3) is 0 Å². The van der Waals surface area contributed by atoms with Gasteiger partial charge in [-0.1, -0.05) is 13.3 Å². The predicted octanol–water partition coefficient (Wildman–Crippen LogP) is 2.82. The van der Waals surface area contributed by atoms with Crippen LogP contribution in [0.1, 0.15) is 62.5 Å². The SMILES string of the molecule is CCCC1(C(=O)O)CCCN1C(C)c1c(C)nn(C)c1C. The summed E-state index contributed by atoms with van der Waals surface area (Å²) in [5, 5.41) is 14.3. The molecule has 2 unspecified atom stereocenters. The lowest BCUT2D eigenvalue weighted by Gasteiger charge is -2.39. The van der Waals surface area contributed by atoms with Gasteiger partial charge < -0.3 is 5.11 Å². The van der Waals surface area contributed by atoms with Crippen molar-refractivity contribution in [2.24, 2.45) is 7.05 Å². The average molecular weight is 293 g/mol. The van der Waals surface area contributed by atoms with Gasteiger partial charge in [-0.3, -0.25) is 14.4 Å². The second-order valence-corrected chi connectivity index (χ2v) is 6.27. The molecular weight excluding hydrogens is 266 g/mol. The summed E-state index contributed by atoms with van der Waals surface area (Å²) in [7, 11) is 1.94. The van der Waals surface area contributed by atoms with Crippen molar-refractivity contribution >= 4 is 5.97 Å². The maximum Gasteiger partial charge on any atom is 0.324 e. The number of carboxylic acid groups (broad SMARTS) is 1. The third-order valence-electron chi connectivity index (χ3n) is 5.05. The minimum absolute atomic E-state index is 0.0869. The fraction of sp³-hybridized carbons (Fsp3) is 0.750. The zero-order chi connectivity index (χ0) is 15.8. The fourth-order valence-electron chi connectivity index (χ4n) is 4.03. The molecule has 1 aliphatic rings. The number of aryl methyl sites for hydroxylation is 2. The minimum atomic E-state index is -0.705. The molecule has 2 atom stereocenters. The highest BCUT2D eigenvalue weighted by Gasteiger charge is 2.49. The summed E-state index contributed by atoms with van der Waals surface area (Å²) in [6, 6.07) is 0.0869. The highest BCUT2D eigenvalue weighted by molar-refractivity contribution is 5.79. The Morgan fingerprint density at radius 3 is 2.62 bits per heavy atom. The van der Waals surface area contributed by atoms with E-state index in [-0.39, 0.29) is 6.04 Å². The fourth-order valence-corrected chi connectivity index (χ4v) is 4.03. The van der Waals surface area contributed by atoms with Crippen LogP contribution in [0.2, 0.25) is 0 Å². The Kier molecular flexibility index (Phi) is 4.42. The van der Waals surface area contributed by atoms with Crippen molar-refractivity contribution < 1.29 is 9.90 Å². The van der Waals surface area contributed by atoms with Crippen molar-refractivity contribution in [3.8, 4) is 0 Å². The summed E-state index contributed by atoms with van der Waals surface area (Å²) < 4.78 is 1.89. The van der Waals surface area contributed by atoms with E-state index in [1.54, 1.807) is 0 Å². The molecular formula is C16H27N3O2. The minimum Gasteiger partial charge on any atom is -0.480 e. The van der Waals surface area contributed by atoms with Crippen molar-refractivity contribution in [2.75, 3.05) is 6.54 Å². The van der Waals surface area contributed by atoms with Crippen LogP contribution in [0.4, 0.5) is 0 Å². The molecule has 2 rings (SSSR count). The number of nitrogens with zero attached hydrogens (tertiary/aromatic N) is 3. The third-order valence-corrected chi connectivity index (χ3v) is 5.05. The molecule has 0 saturated carbocycles. The normalized spacial score (nSPS) is 24.4. The molecule has 1 aliphatic heterocycles. The number of aliphatic carboxylic acids is 1. The van der Waals surface area contributed by atoms with Gasteiger partial charge in [0, 0.05) is 24.3 Å². The smallest absolute Gasteiger partial charge is 0.324 e. The summed E-state index contributed by atoms with van der Waals surface area (Å²) in [6.07, 6.45) is 3.30. The van der Waals surface area contributed by atoms with Crippen molar-refractivity contribution in [2.45, 2.75) is 65.0 Å². The van der Waals surface area contributed by atoms with E-state index in [4.69, 9.17) is 0 Å². The van der Waals surface area contributed by atoms with Crippen LogP contribution in [0.5, 0.6) is 0 Å². The first-order chi connectivity index (χ1) is 9.85. The van der Waals surface area contributed by atoms with Gasteiger partial charge in [-0.2, -0.15) is 5.10 Å². The van der Waals surface area contributed by atoms with Crippen molar-refractivity contribution in [3.63, 3.8) is 0 Å². The van der Waals surface area contributed by atoms with E-state index in [1.807, 2.05) is 18.7 Å². The third kappa shape index (κ3) is 2.48. The summed E-state index contributed by atoms with van der Waals surface area (Å²) in [6.45, 7) is 9.10. The van der Waals surface area contributed by atoms with Crippen LogP contribution < -0.4 is 0 Å². The van der Waals surface area contributed by atoms with Gasteiger partial charge >= 0.3 is 5.97 Å². The number of hydrogen-bond acceptors (Lipinski definition) is 3. The first-order valence-electron chi connectivity index (χ1n) is 7.85. The second kappa shape index (κ2) is 5.79. The van der Waals surface area contributed by atoms with E-state index in [1.165, 1.54) is 5.56 Å². The summed E-state index contributed by atoms with van der Waals surface area (Å²) in [4.78, 5) is 14.2. The molecule has 0 spiro atoms. The molecule has 21 heavy (non-hydrogen) atoms. The molecule has 1 fully saturated rings. The molecule has 1 saturated heterocycles. The van der Waals surface area contributed by atoms with Gasteiger partial charge in [0.05, 0.1) is 5.69 Å². The number of hydrogen-bond donors (Lipinski definition) is 1. The Morgan fingerprint density at radius 2 is 2.14 bits per heavy atom. The Morgan fingerprint density at radius 1 is 1.48 bits per heavy atom. The van der Waals surface area contributed by atoms with Crippen LogP contribution in [0, 0.1) is 13.8 Å². The van der Waals surface area contributed by atoms with Gasteiger partial charge in [-0.25, -0.2) is 0 Å². The topological polar surface area (TPSA) is 58.4 Å². The molecule has 1 N–H and O–H groups in total. The van der Waals surface area contributed by atoms with Crippen LogP contribution in [-0.2, 0) is 11.8 Å². The Labute approximate surface area is 126 Å². The number of carbonyl (C=O) groups is 1. The zero-order valence-electron chi connectivity index (χ0n) is 13.8. The van der Waals surface area contributed by atoms with Crippen LogP contribution in [-0.4, -0.2) is 37.8 Å². The number of carboxylic acids is 1. The molecule has 1 aromatic heterocycles. The highest BCUT2D eigenvalue weighted by atomic mass is 16.4. The molecule has 2 heterocycles. The molecule has 1 aromatic rings. The Bertz CT molecular complexity index is 538. The maximum absolute atomic E-state index is 12.0. The first-order valence-corrected chi connectivity index (χ1v) is 7.85. The maximum atomic E-state index is 12.0. The van der Waals surface area contributed by atoms with E-state index in [2.05, 4.69) is 30.8 Å². The summed E-state index contributed by atoms with van der Waals surface area (Å²) in [5.74, 6) is -0.673. The first kappa shape index (κ1) is 16.0. The van der Waals surface area contributed by atoms with E-state index >= 15 is 0 Å². The monoisotopic (exact) mass is 293 g/mol. The van der Waals surface area contributed by atoms with Crippen molar-refractivity contribution in [1.82, 2.24) is 14.7 Å². The highest BCUT2D eigenvalue weighted by Crippen LogP contribution is 2.41. The molecule has 0 aliphatic carbocycles. The number of rotatable bonds is 5. The Balaban J connectivity index is 2.41. The Hall–Kier alpha value is -1.36. The van der Waals surface area contributed by atoms with E-state index < -0.39 is 11.5 Å². The van der Waals surface area contributed by atoms with Crippen molar-refractivity contribution in [1.29, 1.82) is 0 Å². The van der Waals surface area contributed by atoms with Crippen LogP contribution in [0.3, 0.4) is 0 Å². The lowest BCUT2D eigenvalue weighted by atomic mass is 9.88. The van der Waals surface area contributed by atoms with Gasteiger partial charge in [0.1, 0.15) is 5.54 Å². The van der Waals surface area contributed by atoms with E-state index in [0.717, 1.165) is 37.2 Å². The lowest BCUT2D eigenvalue weighted by molar-refractivity contribution is -0.151. The van der Waals surface area contributed by atoms with Crippen LogP contribution in [0.25, 0.3) is 0 Å². The number of aromatic nitrogens is 2. The molecule has 118 valence electrons. The molecule has 0 radical (unpaired) electrons. The molecule has 0 bridgehead atoms. The van der Waals surface area contributed by atoms with Gasteiger partial charge in [0.2, 0.25) is 0 Å². The summed E-state index contributed by atoms with van der Waals surface area (Å²) in [5.41, 5.74) is 2.61. The van der Waals surface area contributed by atoms with E-state index in [0.29, 0.717) is 6.42 Å². The molecule has 5 nitrogen and oxygen atoms in total.